The lowest BCUT2D eigenvalue weighted by Crippen LogP contribution is -2.46. The van der Waals surface area contributed by atoms with Gasteiger partial charge in [0.15, 0.2) is 5.82 Å². The molecular formula is C12H17BrN4O2. The van der Waals surface area contributed by atoms with E-state index in [9.17, 15) is 4.79 Å². The van der Waals surface area contributed by atoms with Crippen LogP contribution in [0, 0.1) is 0 Å². The van der Waals surface area contributed by atoms with Gasteiger partial charge in [0.2, 0.25) is 0 Å². The number of aliphatic hydroxyl groups is 1. The van der Waals surface area contributed by atoms with Crippen molar-refractivity contribution in [2.75, 3.05) is 18.6 Å². The first kappa shape index (κ1) is 14.2. The Bertz CT molecular complexity index is 465. The Hall–Kier alpha value is -1.18. The van der Waals surface area contributed by atoms with E-state index in [1.165, 1.54) is 0 Å². The summed E-state index contributed by atoms with van der Waals surface area (Å²) in [5, 5.41) is 9.12. The number of hydrogen-bond acceptors (Lipinski definition) is 5. The van der Waals surface area contributed by atoms with Crippen molar-refractivity contribution >= 4 is 27.7 Å². The number of carbonyl (C=O) groups excluding carboxylic acids is 1. The van der Waals surface area contributed by atoms with Gasteiger partial charge in [0.1, 0.15) is 0 Å². The molecule has 0 unspecified atom stereocenters. The van der Waals surface area contributed by atoms with E-state index in [0.717, 1.165) is 19.3 Å². The molecule has 1 aromatic heterocycles. The number of rotatable bonds is 5. The molecule has 1 fully saturated rings. The highest BCUT2D eigenvalue weighted by atomic mass is 79.9. The van der Waals surface area contributed by atoms with Gasteiger partial charge in [0, 0.05) is 23.3 Å². The van der Waals surface area contributed by atoms with Crippen molar-refractivity contribution in [1.29, 1.82) is 0 Å². The van der Waals surface area contributed by atoms with E-state index in [1.807, 2.05) is 0 Å². The number of nitrogens with one attached hydrogen (secondary N) is 1. The second kappa shape index (κ2) is 6.31. The molecule has 2 rings (SSSR count). The highest BCUT2D eigenvalue weighted by Crippen LogP contribution is 2.27. The van der Waals surface area contributed by atoms with Gasteiger partial charge in [-0.3, -0.25) is 4.79 Å². The molecule has 7 heteroatoms. The first-order valence-corrected chi connectivity index (χ1v) is 7.00. The van der Waals surface area contributed by atoms with Crippen LogP contribution in [0.5, 0.6) is 0 Å². The molecule has 6 nitrogen and oxygen atoms in total. The Morgan fingerprint density at radius 2 is 2.37 bits per heavy atom. The maximum absolute atomic E-state index is 12.6. The van der Waals surface area contributed by atoms with Crippen LogP contribution in [-0.4, -0.2) is 40.1 Å². The van der Waals surface area contributed by atoms with Gasteiger partial charge in [-0.1, -0.05) is 0 Å². The van der Waals surface area contributed by atoms with Crippen LogP contribution in [0.3, 0.4) is 0 Å². The van der Waals surface area contributed by atoms with E-state index in [-0.39, 0.29) is 18.6 Å². The zero-order chi connectivity index (χ0) is 13.8. The lowest BCUT2D eigenvalue weighted by atomic mass is 9.91. The molecule has 1 aliphatic rings. The summed E-state index contributed by atoms with van der Waals surface area (Å²) in [7, 11) is 0. The number of carbonyl (C=O) groups is 1. The Labute approximate surface area is 120 Å². The minimum Gasteiger partial charge on any atom is -0.395 e. The van der Waals surface area contributed by atoms with Crippen molar-refractivity contribution < 1.29 is 9.90 Å². The number of nitrogens with zero attached hydrogens (tertiary/aromatic N) is 2. The molecule has 0 bridgehead atoms. The third kappa shape index (κ3) is 3.05. The van der Waals surface area contributed by atoms with Crippen molar-refractivity contribution in [3.63, 3.8) is 0 Å². The fourth-order valence-corrected chi connectivity index (χ4v) is 2.46. The molecule has 0 saturated heterocycles. The molecule has 19 heavy (non-hydrogen) atoms. The number of pyridine rings is 1. The molecule has 1 saturated carbocycles. The quantitative estimate of drug-likeness (QED) is 0.556. The van der Waals surface area contributed by atoms with Gasteiger partial charge in [-0.2, -0.15) is 0 Å². The van der Waals surface area contributed by atoms with Crippen molar-refractivity contribution in [2.24, 2.45) is 5.84 Å². The molecule has 0 aromatic carbocycles. The predicted octanol–water partition coefficient (Wildman–Crippen LogP) is 1.12. The maximum Gasteiger partial charge on any atom is 0.258 e. The van der Waals surface area contributed by atoms with E-state index < -0.39 is 0 Å². The van der Waals surface area contributed by atoms with Crippen LogP contribution in [0.25, 0.3) is 0 Å². The molecule has 4 N–H and O–H groups in total. The Morgan fingerprint density at radius 1 is 1.63 bits per heavy atom. The summed E-state index contributed by atoms with van der Waals surface area (Å²) >= 11 is 3.30. The van der Waals surface area contributed by atoms with E-state index in [4.69, 9.17) is 10.9 Å². The number of hydrazine groups is 1. The molecule has 0 spiro atoms. The van der Waals surface area contributed by atoms with Crippen LogP contribution < -0.4 is 11.3 Å². The molecule has 1 amide bonds. The van der Waals surface area contributed by atoms with E-state index in [2.05, 4.69) is 26.3 Å². The number of nitrogens with two attached hydrogens (primary N) is 1. The average Bonchev–Trinajstić information content (AvgIpc) is 2.35. The van der Waals surface area contributed by atoms with Crippen LogP contribution in [0.2, 0.25) is 0 Å². The monoisotopic (exact) mass is 328 g/mol. The maximum atomic E-state index is 12.6. The fraction of sp³-hybridized carbons (Fsp3) is 0.500. The van der Waals surface area contributed by atoms with Crippen LogP contribution in [0.1, 0.15) is 29.6 Å². The summed E-state index contributed by atoms with van der Waals surface area (Å²) in [6, 6.07) is 1.90. The van der Waals surface area contributed by atoms with E-state index in [1.54, 1.807) is 17.2 Å². The predicted molar refractivity (Wildman–Crippen MR) is 75.5 cm³/mol. The smallest absolute Gasteiger partial charge is 0.258 e. The first-order chi connectivity index (χ1) is 9.17. The Balaban J connectivity index is 2.27. The number of amides is 1. The molecular weight excluding hydrogens is 312 g/mol. The minimum absolute atomic E-state index is 0.0466. The third-order valence-corrected chi connectivity index (χ3v) is 3.77. The first-order valence-electron chi connectivity index (χ1n) is 6.21. The highest BCUT2D eigenvalue weighted by molar-refractivity contribution is 9.10. The average molecular weight is 329 g/mol. The summed E-state index contributed by atoms with van der Waals surface area (Å²) in [5.74, 6) is 5.58. The summed E-state index contributed by atoms with van der Waals surface area (Å²) in [6.45, 7) is 0.287. The molecule has 1 aliphatic carbocycles. The second-order valence-corrected chi connectivity index (χ2v) is 5.42. The Kier molecular flexibility index (Phi) is 4.73. The summed E-state index contributed by atoms with van der Waals surface area (Å²) in [4.78, 5) is 18.3. The lowest BCUT2D eigenvalue weighted by Gasteiger charge is -2.37. The zero-order valence-electron chi connectivity index (χ0n) is 10.5. The summed E-state index contributed by atoms with van der Waals surface area (Å²) < 4.78 is 0.715. The fourth-order valence-electron chi connectivity index (χ4n) is 2.13. The summed E-state index contributed by atoms with van der Waals surface area (Å²) in [5.41, 5.74) is 2.85. The van der Waals surface area contributed by atoms with Gasteiger partial charge in [-0.25, -0.2) is 10.8 Å². The van der Waals surface area contributed by atoms with Crippen LogP contribution in [-0.2, 0) is 0 Å². The van der Waals surface area contributed by atoms with Gasteiger partial charge in [0.25, 0.3) is 5.91 Å². The lowest BCUT2D eigenvalue weighted by molar-refractivity contribution is 0.0526. The van der Waals surface area contributed by atoms with Crippen molar-refractivity contribution in [3.05, 3.63) is 22.3 Å². The zero-order valence-corrected chi connectivity index (χ0v) is 12.1. The van der Waals surface area contributed by atoms with Gasteiger partial charge in [0.05, 0.1) is 12.2 Å². The molecule has 0 aliphatic heterocycles. The van der Waals surface area contributed by atoms with Crippen LogP contribution in [0.15, 0.2) is 16.7 Å². The molecule has 104 valence electrons. The van der Waals surface area contributed by atoms with E-state index in [0.29, 0.717) is 22.4 Å². The minimum atomic E-state index is -0.152. The SMILES string of the molecule is NNc1ncc(Br)cc1C(=O)N(CCO)C1CCC1. The highest BCUT2D eigenvalue weighted by Gasteiger charge is 2.30. The number of aromatic nitrogens is 1. The van der Waals surface area contributed by atoms with Gasteiger partial charge >= 0.3 is 0 Å². The number of halogens is 1. The summed E-state index contributed by atoms with van der Waals surface area (Å²) in [6.07, 6.45) is 4.67. The molecule has 0 radical (unpaired) electrons. The van der Waals surface area contributed by atoms with Gasteiger partial charge in [-0.15, -0.1) is 0 Å². The van der Waals surface area contributed by atoms with Crippen LogP contribution >= 0.6 is 15.9 Å². The van der Waals surface area contributed by atoms with Crippen molar-refractivity contribution in [1.82, 2.24) is 9.88 Å². The van der Waals surface area contributed by atoms with Crippen molar-refractivity contribution in [2.45, 2.75) is 25.3 Å². The van der Waals surface area contributed by atoms with Gasteiger partial charge in [-0.05, 0) is 41.3 Å². The van der Waals surface area contributed by atoms with Crippen molar-refractivity contribution in [3.8, 4) is 0 Å². The molecule has 1 heterocycles. The van der Waals surface area contributed by atoms with E-state index >= 15 is 0 Å². The number of nitrogen functional groups attached to an aromatic ring is 1. The Morgan fingerprint density at radius 3 is 2.89 bits per heavy atom. The largest absolute Gasteiger partial charge is 0.395 e. The van der Waals surface area contributed by atoms with Crippen LogP contribution in [0.4, 0.5) is 5.82 Å². The van der Waals surface area contributed by atoms with Gasteiger partial charge < -0.3 is 15.4 Å². The molecule has 1 aromatic rings. The molecule has 0 atom stereocenters. The number of anilines is 1. The normalized spacial score (nSPS) is 14.9. The third-order valence-electron chi connectivity index (χ3n) is 3.34. The number of aliphatic hydroxyl groups excluding tert-OH is 1. The number of hydrogen-bond donors (Lipinski definition) is 3. The topological polar surface area (TPSA) is 91.5 Å². The second-order valence-electron chi connectivity index (χ2n) is 4.50. The standard InChI is InChI=1S/C12H17BrN4O2/c13-8-6-10(11(16-14)15-7-8)12(19)17(4-5-18)9-2-1-3-9/h6-7,9,18H,1-5,14H2,(H,15,16).